The SMILES string of the molecule is C=C/C(=C\C=C\C)c1ccc2c(-c3ccc(-c4ccccc4)cc3)c3cc(C4C=CC(C)=CC4)ccc3c(-c3ccc4ccccc4c3)c2c1. The molecule has 0 spiro atoms. The average molecular weight is 641 g/mol. The van der Waals surface area contributed by atoms with Gasteiger partial charge in [-0.05, 0) is 121 Å². The van der Waals surface area contributed by atoms with E-state index in [4.69, 9.17) is 0 Å². The van der Waals surface area contributed by atoms with Gasteiger partial charge in [0.25, 0.3) is 0 Å². The summed E-state index contributed by atoms with van der Waals surface area (Å²) in [5.74, 6) is 0.352. The van der Waals surface area contributed by atoms with Crippen LogP contribution in [0.3, 0.4) is 0 Å². The van der Waals surface area contributed by atoms with Crippen LogP contribution < -0.4 is 0 Å². The largest absolute Gasteiger partial charge is 0.0984 e. The summed E-state index contributed by atoms with van der Waals surface area (Å²) in [6.45, 7) is 8.41. The summed E-state index contributed by atoms with van der Waals surface area (Å²) in [4.78, 5) is 0. The Bertz CT molecular complexity index is 2520. The third-order valence-corrected chi connectivity index (χ3v) is 10.2. The zero-order valence-electron chi connectivity index (χ0n) is 28.7. The fourth-order valence-corrected chi connectivity index (χ4v) is 7.54. The first kappa shape index (κ1) is 31.3. The Morgan fingerprint density at radius 1 is 0.620 bits per heavy atom. The monoisotopic (exact) mass is 640 g/mol. The lowest BCUT2D eigenvalue weighted by molar-refractivity contribution is 0.847. The molecule has 0 fully saturated rings. The van der Waals surface area contributed by atoms with E-state index in [2.05, 4.69) is 183 Å². The molecule has 0 saturated carbocycles. The molecule has 0 N–H and O–H groups in total. The summed E-state index contributed by atoms with van der Waals surface area (Å²) < 4.78 is 0. The number of fused-ring (bicyclic) bond motifs is 3. The second-order valence-electron chi connectivity index (χ2n) is 13.3. The van der Waals surface area contributed by atoms with E-state index < -0.39 is 0 Å². The minimum absolute atomic E-state index is 0.352. The fourth-order valence-electron chi connectivity index (χ4n) is 7.54. The molecule has 7 aromatic carbocycles. The van der Waals surface area contributed by atoms with E-state index in [1.165, 1.54) is 76.8 Å². The van der Waals surface area contributed by atoms with Gasteiger partial charge < -0.3 is 0 Å². The summed E-state index contributed by atoms with van der Waals surface area (Å²) >= 11 is 0. The van der Waals surface area contributed by atoms with Gasteiger partial charge in [-0.1, -0.05) is 170 Å². The van der Waals surface area contributed by atoms with Gasteiger partial charge in [-0.3, -0.25) is 0 Å². The summed E-state index contributed by atoms with van der Waals surface area (Å²) in [6.07, 6.45) is 16.3. The number of allylic oxidation sites excluding steroid dienone is 9. The molecule has 0 heterocycles. The van der Waals surface area contributed by atoms with Crippen molar-refractivity contribution in [2.45, 2.75) is 26.2 Å². The van der Waals surface area contributed by atoms with Crippen LogP contribution in [-0.2, 0) is 0 Å². The van der Waals surface area contributed by atoms with E-state index in [1.807, 2.05) is 13.0 Å². The Balaban J connectivity index is 1.45. The molecule has 0 radical (unpaired) electrons. The minimum Gasteiger partial charge on any atom is -0.0984 e. The lowest BCUT2D eigenvalue weighted by atomic mass is 9.82. The van der Waals surface area contributed by atoms with Crippen LogP contribution in [0, 0.1) is 0 Å². The van der Waals surface area contributed by atoms with Gasteiger partial charge >= 0.3 is 0 Å². The molecule has 50 heavy (non-hydrogen) atoms. The van der Waals surface area contributed by atoms with Crippen LogP contribution in [-0.4, -0.2) is 0 Å². The van der Waals surface area contributed by atoms with E-state index >= 15 is 0 Å². The van der Waals surface area contributed by atoms with Gasteiger partial charge in [0.15, 0.2) is 0 Å². The maximum absolute atomic E-state index is 4.18. The van der Waals surface area contributed by atoms with Crippen LogP contribution in [0.2, 0.25) is 0 Å². The zero-order valence-corrected chi connectivity index (χ0v) is 28.7. The number of hydrogen-bond donors (Lipinski definition) is 0. The molecule has 8 rings (SSSR count). The van der Waals surface area contributed by atoms with Crippen LogP contribution in [0.4, 0.5) is 0 Å². The second kappa shape index (κ2) is 13.5. The quantitative estimate of drug-likeness (QED) is 0.120. The highest BCUT2D eigenvalue weighted by molar-refractivity contribution is 6.22. The molecular formula is C50H40. The molecular weight excluding hydrogens is 601 g/mol. The smallest absolute Gasteiger partial charge is 0.00561 e. The normalized spacial score (nSPS) is 14.9. The third kappa shape index (κ3) is 5.84. The Kier molecular flexibility index (Phi) is 8.45. The first-order valence-corrected chi connectivity index (χ1v) is 17.6. The van der Waals surface area contributed by atoms with Gasteiger partial charge in [0.05, 0.1) is 0 Å². The van der Waals surface area contributed by atoms with Crippen molar-refractivity contribution in [1.82, 2.24) is 0 Å². The Morgan fingerprint density at radius 2 is 1.28 bits per heavy atom. The van der Waals surface area contributed by atoms with Crippen LogP contribution >= 0.6 is 0 Å². The Morgan fingerprint density at radius 3 is 2.02 bits per heavy atom. The van der Waals surface area contributed by atoms with Crippen molar-refractivity contribution in [2.75, 3.05) is 0 Å². The van der Waals surface area contributed by atoms with Crippen LogP contribution in [0.25, 0.3) is 71.3 Å². The van der Waals surface area contributed by atoms with Crippen LogP contribution in [0.5, 0.6) is 0 Å². The molecule has 0 amide bonds. The van der Waals surface area contributed by atoms with Crippen LogP contribution in [0.15, 0.2) is 188 Å². The van der Waals surface area contributed by atoms with Crippen molar-refractivity contribution in [3.63, 3.8) is 0 Å². The van der Waals surface area contributed by atoms with Crippen LogP contribution in [0.1, 0.15) is 37.3 Å². The van der Waals surface area contributed by atoms with Crippen molar-refractivity contribution in [3.05, 3.63) is 199 Å². The van der Waals surface area contributed by atoms with E-state index in [-0.39, 0.29) is 0 Å². The zero-order chi connectivity index (χ0) is 34.0. The van der Waals surface area contributed by atoms with Crippen molar-refractivity contribution >= 4 is 37.9 Å². The van der Waals surface area contributed by atoms with Gasteiger partial charge in [0, 0.05) is 5.92 Å². The highest BCUT2D eigenvalue weighted by atomic mass is 14.2. The molecule has 0 aromatic heterocycles. The molecule has 7 aromatic rings. The standard InChI is InChI=1S/C50H40/c1-4-6-12-35(5-2)42-27-29-45-48(32-42)50(44-26-23-37-15-10-11-16-41(37)31-44)46-30-28-43(39-19-17-34(3)18-20-39)33-47(46)49(45)40-24-21-38(22-25-40)36-13-8-7-9-14-36/h4-19,21-33,39H,2,20H2,1,3H3/b6-4+,35-12+. The summed E-state index contributed by atoms with van der Waals surface area (Å²) in [5, 5.41) is 7.53. The number of benzene rings is 7. The van der Waals surface area contributed by atoms with Crippen molar-refractivity contribution < 1.29 is 0 Å². The Hall–Kier alpha value is -5.98. The van der Waals surface area contributed by atoms with Gasteiger partial charge in [0.2, 0.25) is 0 Å². The number of hydrogen-bond acceptors (Lipinski definition) is 0. The van der Waals surface area contributed by atoms with Crippen molar-refractivity contribution in [3.8, 4) is 33.4 Å². The average Bonchev–Trinajstić information content (AvgIpc) is 3.17. The molecule has 240 valence electrons. The second-order valence-corrected chi connectivity index (χ2v) is 13.3. The highest BCUT2D eigenvalue weighted by Gasteiger charge is 2.20. The fraction of sp³-hybridized carbons (Fsp3) is 0.0800. The van der Waals surface area contributed by atoms with Gasteiger partial charge in [-0.15, -0.1) is 0 Å². The molecule has 1 aliphatic carbocycles. The van der Waals surface area contributed by atoms with Gasteiger partial charge in [0.1, 0.15) is 0 Å². The van der Waals surface area contributed by atoms with E-state index in [9.17, 15) is 0 Å². The third-order valence-electron chi connectivity index (χ3n) is 10.2. The summed E-state index contributed by atoms with van der Waals surface area (Å²) in [7, 11) is 0. The molecule has 0 saturated heterocycles. The topological polar surface area (TPSA) is 0 Å². The van der Waals surface area contributed by atoms with Gasteiger partial charge in [-0.25, -0.2) is 0 Å². The summed E-state index contributed by atoms with van der Waals surface area (Å²) in [5.41, 5.74) is 12.4. The highest BCUT2D eigenvalue weighted by Crippen LogP contribution is 2.46. The molecule has 0 nitrogen and oxygen atoms in total. The van der Waals surface area contributed by atoms with E-state index in [1.54, 1.807) is 0 Å². The first-order valence-electron chi connectivity index (χ1n) is 17.6. The Labute approximate surface area is 295 Å². The maximum atomic E-state index is 4.18. The van der Waals surface area contributed by atoms with Crippen molar-refractivity contribution in [2.24, 2.45) is 0 Å². The maximum Gasteiger partial charge on any atom is 0.00561 e. The van der Waals surface area contributed by atoms with E-state index in [0.29, 0.717) is 5.92 Å². The predicted molar refractivity (Wildman–Crippen MR) is 219 cm³/mol. The molecule has 1 atom stereocenters. The van der Waals surface area contributed by atoms with Gasteiger partial charge in [-0.2, -0.15) is 0 Å². The molecule has 0 aliphatic heterocycles. The molecule has 1 unspecified atom stereocenters. The molecule has 1 aliphatic rings. The predicted octanol–water partition coefficient (Wildman–Crippen LogP) is 14.3. The lowest BCUT2D eigenvalue weighted by Gasteiger charge is -2.22. The molecule has 0 heteroatoms. The lowest BCUT2D eigenvalue weighted by Crippen LogP contribution is -1.99. The van der Waals surface area contributed by atoms with E-state index in [0.717, 1.165) is 17.6 Å². The van der Waals surface area contributed by atoms with Crippen molar-refractivity contribution in [1.29, 1.82) is 0 Å². The number of rotatable bonds is 7. The minimum atomic E-state index is 0.352. The summed E-state index contributed by atoms with van der Waals surface area (Å²) in [6, 6.07) is 49.6. The first-order chi connectivity index (χ1) is 24.6. The molecule has 0 bridgehead atoms.